The van der Waals surface area contributed by atoms with Gasteiger partial charge >= 0.3 is 6.18 Å². The van der Waals surface area contributed by atoms with Crippen LogP contribution in [0.2, 0.25) is 0 Å². The zero-order valence-electron chi connectivity index (χ0n) is 7.42. The van der Waals surface area contributed by atoms with Gasteiger partial charge in [0.25, 0.3) is 5.91 Å². The highest BCUT2D eigenvalue weighted by molar-refractivity contribution is 7.13. The normalized spacial score (nSPS) is 11.5. The first kappa shape index (κ1) is 11.0. The molecule has 0 bridgehead atoms. The summed E-state index contributed by atoms with van der Waals surface area (Å²) < 4.78 is 36.3. The van der Waals surface area contributed by atoms with Crippen molar-refractivity contribution >= 4 is 17.2 Å². The SMILES string of the molecule is CN(C)C(=O)c1cnc(C(F)(F)F)s1. The fraction of sp³-hybridized carbons (Fsp3) is 0.429. The van der Waals surface area contributed by atoms with Crippen molar-refractivity contribution in [1.29, 1.82) is 0 Å². The lowest BCUT2D eigenvalue weighted by atomic mass is 10.5. The third-order valence-electron chi connectivity index (χ3n) is 1.37. The minimum absolute atomic E-state index is 0.0117. The van der Waals surface area contributed by atoms with Gasteiger partial charge in [-0.25, -0.2) is 4.98 Å². The van der Waals surface area contributed by atoms with Gasteiger partial charge in [-0.1, -0.05) is 0 Å². The van der Waals surface area contributed by atoms with Crippen molar-refractivity contribution in [3.63, 3.8) is 0 Å². The zero-order chi connectivity index (χ0) is 10.9. The maximum absolute atomic E-state index is 12.1. The maximum Gasteiger partial charge on any atom is 0.443 e. The van der Waals surface area contributed by atoms with Crippen molar-refractivity contribution in [3.8, 4) is 0 Å². The summed E-state index contributed by atoms with van der Waals surface area (Å²) in [6, 6.07) is 0. The number of amides is 1. The Morgan fingerprint density at radius 1 is 1.50 bits per heavy atom. The average Bonchev–Trinajstić information content (AvgIpc) is 2.49. The number of nitrogens with zero attached hydrogens (tertiary/aromatic N) is 2. The van der Waals surface area contributed by atoms with Gasteiger partial charge in [0.2, 0.25) is 0 Å². The average molecular weight is 224 g/mol. The van der Waals surface area contributed by atoms with Crippen molar-refractivity contribution in [2.75, 3.05) is 14.1 Å². The minimum Gasteiger partial charge on any atom is -0.344 e. The minimum atomic E-state index is -4.48. The largest absolute Gasteiger partial charge is 0.443 e. The van der Waals surface area contributed by atoms with Crippen LogP contribution in [0.25, 0.3) is 0 Å². The van der Waals surface area contributed by atoms with Crippen LogP contribution in [-0.2, 0) is 6.18 Å². The molecule has 0 spiro atoms. The van der Waals surface area contributed by atoms with Crippen LogP contribution in [0.4, 0.5) is 13.2 Å². The Morgan fingerprint density at radius 2 is 2.07 bits per heavy atom. The molecule has 3 nitrogen and oxygen atoms in total. The van der Waals surface area contributed by atoms with Gasteiger partial charge in [-0.2, -0.15) is 13.2 Å². The second kappa shape index (κ2) is 3.56. The van der Waals surface area contributed by atoms with Gasteiger partial charge in [-0.3, -0.25) is 4.79 Å². The molecule has 78 valence electrons. The number of halogens is 3. The Labute approximate surface area is 82.2 Å². The van der Waals surface area contributed by atoms with E-state index in [0.717, 1.165) is 6.20 Å². The lowest BCUT2D eigenvalue weighted by Gasteiger charge is -2.06. The molecule has 0 aliphatic rings. The van der Waals surface area contributed by atoms with E-state index in [4.69, 9.17) is 0 Å². The molecule has 7 heteroatoms. The third kappa shape index (κ3) is 2.22. The Kier molecular flexibility index (Phi) is 2.79. The lowest BCUT2D eigenvalue weighted by molar-refractivity contribution is -0.137. The smallest absolute Gasteiger partial charge is 0.344 e. The second-order valence-electron chi connectivity index (χ2n) is 2.73. The summed E-state index contributed by atoms with van der Waals surface area (Å²) in [5.74, 6) is -0.474. The molecule has 0 fully saturated rings. The van der Waals surface area contributed by atoms with Crippen molar-refractivity contribution in [2.24, 2.45) is 0 Å². The van der Waals surface area contributed by atoms with Gasteiger partial charge in [0.15, 0.2) is 5.01 Å². The highest BCUT2D eigenvalue weighted by Crippen LogP contribution is 2.32. The summed E-state index contributed by atoms with van der Waals surface area (Å²) in [7, 11) is 2.94. The number of carbonyl (C=O) groups excluding carboxylic acids is 1. The number of thiazole rings is 1. The first-order valence-corrected chi connectivity index (χ1v) is 4.38. The van der Waals surface area contributed by atoms with E-state index >= 15 is 0 Å². The van der Waals surface area contributed by atoms with Gasteiger partial charge in [-0.15, -0.1) is 11.3 Å². The number of hydrogen-bond acceptors (Lipinski definition) is 3. The standard InChI is InChI=1S/C7H7F3N2OS/c1-12(2)5(13)4-3-11-6(14-4)7(8,9)10/h3H,1-2H3. The van der Waals surface area contributed by atoms with E-state index in [1.807, 2.05) is 0 Å². The van der Waals surface area contributed by atoms with Gasteiger partial charge in [0.1, 0.15) is 4.88 Å². The highest BCUT2D eigenvalue weighted by atomic mass is 32.1. The van der Waals surface area contributed by atoms with Gasteiger partial charge < -0.3 is 4.90 Å². The monoisotopic (exact) mass is 224 g/mol. The number of hydrogen-bond donors (Lipinski definition) is 0. The van der Waals surface area contributed by atoms with Crippen LogP contribution >= 0.6 is 11.3 Å². The Hall–Kier alpha value is -1.11. The van der Waals surface area contributed by atoms with Gasteiger partial charge in [0.05, 0.1) is 6.20 Å². The van der Waals surface area contributed by atoms with E-state index in [1.54, 1.807) is 0 Å². The molecule has 0 atom stereocenters. The van der Waals surface area contributed by atoms with Gasteiger partial charge in [-0.05, 0) is 0 Å². The van der Waals surface area contributed by atoms with Crippen LogP contribution < -0.4 is 0 Å². The Balaban J connectivity index is 2.95. The van der Waals surface area contributed by atoms with Crippen molar-refractivity contribution in [1.82, 2.24) is 9.88 Å². The van der Waals surface area contributed by atoms with E-state index in [1.165, 1.54) is 19.0 Å². The molecule has 0 N–H and O–H groups in total. The molecular formula is C7H7F3N2OS. The molecule has 1 aromatic heterocycles. The van der Waals surface area contributed by atoms with Crippen LogP contribution in [-0.4, -0.2) is 29.9 Å². The predicted octanol–water partition coefficient (Wildman–Crippen LogP) is 1.86. The second-order valence-corrected chi connectivity index (χ2v) is 3.76. The fourth-order valence-electron chi connectivity index (χ4n) is 0.724. The van der Waals surface area contributed by atoms with E-state index in [-0.39, 0.29) is 4.88 Å². The Bertz CT molecular complexity index is 345. The van der Waals surface area contributed by atoms with Crippen LogP contribution in [0.5, 0.6) is 0 Å². The predicted molar refractivity (Wildman–Crippen MR) is 45.1 cm³/mol. The number of alkyl halides is 3. The number of rotatable bonds is 1. The van der Waals surface area contributed by atoms with Crippen molar-refractivity contribution in [2.45, 2.75) is 6.18 Å². The fourth-order valence-corrected chi connectivity index (χ4v) is 1.53. The third-order valence-corrected chi connectivity index (χ3v) is 2.40. The molecule has 0 saturated heterocycles. The van der Waals surface area contributed by atoms with E-state index in [2.05, 4.69) is 4.98 Å². The van der Waals surface area contributed by atoms with Crippen molar-refractivity contribution < 1.29 is 18.0 Å². The van der Waals surface area contributed by atoms with E-state index < -0.39 is 17.1 Å². The summed E-state index contributed by atoms with van der Waals surface area (Å²) >= 11 is 0.349. The molecule has 0 unspecified atom stereocenters. The zero-order valence-corrected chi connectivity index (χ0v) is 8.24. The van der Waals surface area contributed by atoms with Crippen LogP contribution in [0.3, 0.4) is 0 Å². The molecule has 0 aliphatic heterocycles. The van der Waals surface area contributed by atoms with E-state index in [9.17, 15) is 18.0 Å². The van der Waals surface area contributed by atoms with Crippen LogP contribution in [0.15, 0.2) is 6.20 Å². The molecular weight excluding hydrogens is 217 g/mol. The summed E-state index contributed by atoms with van der Waals surface area (Å²) in [5, 5.41) is -0.997. The first-order valence-electron chi connectivity index (χ1n) is 3.57. The van der Waals surface area contributed by atoms with Crippen LogP contribution in [0, 0.1) is 0 Å². The summed E-state index contributed by atoms with van der Waals surface area (Å²) in [6.45, 7) is 0. The molecule has 14 heavy (non-hydrogen) atoms. The summed E-state index contributed by atoms with van der Waals surface area (Å²) in [4.78, 5) is 15.5. The molecule has 1 rings (SSSR count). The Morgan fingerprint density at radius 3 is 2.43 bits per heavy atom. The summed E-state index contributed by atoms with van der Waals surface area (Å²) in [6.07, 6.45) is -3.54. The molecule has 0 radical (unpaired) electrons. The molecule has 0 saturated carbocycles. The molecule has 1 aromatic rings. The molecule has 1 heterocycles. The molecule has 1 amide bonds. The lowest BCUT2D eigenvalue weighted by Crippen LogP contribution is -2.20. The quantitative estimate of drug-likeness (QED) is 0.729. The number of carbonyl (C=O) groups is 1. The topological polar surface area (TPSA) is 33.2 Å². The summed E-state index contributed by atoms with van der Waals surface area (Å²) in [5.41, 5.74) is 0. The molecule has 0 aliphatic carbocycles. The maximum atomic E-state index is 12.1. The van der Waals surface area contributed by atoms with E-state index in [0.29, 0.717) is 11.3 Å². The van der Waals surface area contributed by atoms with Gasteiger partial charge in [0, 0.05) is 14.1 Å². The van der Waals surface area contributed by atoms with Crippen molar-refractivity contribution in [3.05, 3.63) is 16.1 Å². The highest BCUT2D eigenvalue weighted by Gasteiger charge is 2.35. The number of aromatic nitrogens is 1. The first-order chi connectivity index (χ1) is 6.32. The van der Waals surface area contributed by atoms with Crippen LogP contribution in [0.1, 0.15) is 14.7 Å². The molecule has 0 aromatic carbocycles.